The summed E-state index contributed by atoms with van der Waals surface area (Å²) in [5.41, 5.74) is 1.06. The Hall–Kier alpha value is -3.14. The largest absolute Gasteiger partial charge is 0.493 e. The fraction of sp³-hybridized carbons (Fsp3) is 0.480. The lowest BCUT2D eigenvalue weighted by Crippen LogP contribution is -2.45. The average molecular weight is 489 g/mol. The fourth-order valence-electron chi connectivity index (χ4n) is 4.63. The maximum atomic E-state index is 13.5. The molecule has 2 aliphatic rings. The van der Waals surface area contributed by atoms with Gasteiger partial charge in [0, 0.05) is 11.3 Å². The summed E-state index contributed by atoms with van der Waals surface area (Å²) in [4.78, 5) is 24.8. The van der Waals surface area contributed by atoms with E-state index in [4.69, 9.17) is 4.74 Å². The van der Waals surface area contributed by atoms with E-state index in [1.165, 1.54) is 12.4 Å². The number of nitrogens with one attached hydrogen (secondary N) is 2. The zero-order chi connectivity index (χ0) is 24.7. The van der Waals surface area contributed by atoms with Crippen LogP contribution in [0.2, 0.25) is 0 Å². The quantitative estimate of drug-likeness (QED) is 0.464. The van der Waals surface area contributed by atoms with Crippen LogP contribution in [-0.4, -0.2) is 44.7 Å². The van der Waals surface area contributed by atoms with E-state index in [1.54, 1.807) is 6.92 Å². The van der Waals surface area contributed by atoms with E-state index in [9.17, 15) is 23.1 Å². The molecule has 1 aromatic carbocycles. The standard InChI is InChI=1S/C25H27F3N4O3/c1-13-20(24(34)32-17-4-2-3-5-18(17)33)22-23(31-13)21(29-12-30-22)16-10-15(25(26,27)28)8-9-19(16)35-11-14-6-7-14/h8-10,12,14,17-18,31,33H,2-7,11H2,1H3,(H,32,34)/t17-,18+/m1/s1. The molecule has 0 aliphatic heterocycles. The second-order valence-electron chi connectivity index (χ2n) is 9.47. The van der Waals surface area contributed by atoms with Crippen molar-refractivity contribution in [2.24, 2.45) is 5.92 Å². The number of carbonyl (C=O) groups excluding carboxylic acids is 1. The predicted octanol–water partition coefficient (Wildman–Crippen LogP) is 4.77. The third-order valence-corrected chi connectivity index (χ3v) is 6.78. The van der Waals surface area contributed by atoms with Gasteiger partial charge in [-0.05, 0) is 56.7 Å². The second kappa shape index (κ2) is 9.14. The second-order valence-corrected chi connectivity index (χ2v) is 9.47. The maximum Gasteiger partial charge on any atom is 0.416 e. The highest BCUT2D eigenvalue weighted by Crippen LogP contribution is 2.40. The Balaban J connectivity index is 1.55. The molecule has 2 atom stereocenters. The zero-order valence-electron chi connectivity index (χ0n) is 19.3. The highest BCUT2D eigenvalue weighted by molar-refractivity contribution is 6.09. The number of aliphatic hydroxyl groups is 1. The number of alkyl halides is 3. The number of H-pyrrole nitrogens is 1. The van der Waals surface area contributed by atoms with Crippen LogP contribution in [0.3, 0.4) is 0 Å². The molecule has 186 valence electrons. The van der Waals surface area contributed by atoms with E-state index in [1.807, 2.05) is 0 Å². The Morgan fingerprint density at radius 2 is 1.97 bits per heavy atom. The molecule has 35 heavy (non-hydrogen) atoms. The van der Waals surface area contributed by atoms with E-state index in [2.05, 4.69) is 20.3 Å². The number of aliphatic hydroxyl groups excluding tert-OH is 1. The molecule has 3 N–H and O–H groups in total. The summed E-state index contributed by atoms with van der Waals surface area (Å²) in [5.74, 6) is 0.320. The first-order valence-corrected chi connectivity index (χ1v) is 11.9. The third-order valence-electron chi connectivity index (χ3n) is 6.78. The van der Waals surface area contributed by atoms with Gasteiger partial charge in [-0.2, -0.15) is 13.2 Å². The number of halogens is 3. The summed E-state index contributed by atoms with van der Waals surface area (Å²) in [7, 11) is 0. The molecule has 7 nitrogen and oxygen atoms in total. The number of fused-ring (bicyclic) bond motifs is 1. The van der Waals surface area contributed by atoms with E-state index in [0.717, 1.165) is 37.8 Å². The SMILES string of the molecule is Cc1[nH]c2c(-c3cc(C(F)(F)F)ccc3OCC3CC3)ncnc2c1C(=O)N[C@@H]1CCCC[C@@H]1O. The number of ether oxygens (including phenoxy) is 1. The van der Waals surface area contributed by atoms with Crippen LogP contribution in [0.25, 0.3) is 22.3 Å². The van der Waals surface area contributed by atoms with Gasteiger partial charge in [0.2, 0.25) is 0 Å². The number of carbonyl (C=O) groups is 1. The van der Waals surface area contributed by atoms with E-state index in [0.29, 0.717) is 47.8 Å². The number of aromatic nitrogens is 3. The molecule has 2 fully saturated rings. The van der Waals surface area contributed by atoms with Crippen LogP contribution in [0, 0.1) is 12.8 Å². The topological polar surface area (TPSA) is 100 Å². The van der Waals surface area contributed by atoms with Crippen LogP contribution in [0.5, 0.6) is 5.75 Å². The fourth-order valence-corrected chi connectivity index (χ4v) is 4.63. The van der Waals surface area contributed by atoms with E-state index < -0.39 is 23.8 Å². The summed E-state index contributed by atoms with van der Waals surface area (Å²) in [6, 6.07) is 2.99. The number of hydrogen-bond donors (Lipinski definition) is 3. The molecule has 0 radical (unpaired) electrons. The molecule has 2 aliphatic carbocycles. The van der Waals surface area contributed by atoms with Gasteiger partial charge in [-0.15, -0.1) is 0 Å². The smallest absolute Gasteiger partial charge is 0.416 e. The zero-order valence-corrected chi connectivity index (χ0v) is 19.3. The maximum absolute atomic E-state index is 13.5. The molecule has 2 aromatic heterocycles. The number of benzene rings is 1. The van der Waals surface area contributed by atoms with Gasteiger partial charge < -0.3 is 20.1 Å². The minimum Gasteiger partial charge on any atom is -0.493 e. The Kier molecular flexibility index (Phi) is 6.16. The van der Waals surface area contributed by atoms with Gasteiger partial charge in [-0.1, -0.05) is 12.8 Å². The summed E-state index contributed by atoms with van der Waals surface area (Å²) in [6.45, 7) is 2.13. The summed E-state index contributed by atoms with van der Waals surface area (Å²) < 4.78 is 46.5. The van der Waals surface area contributed by atoms with E-state index >= 15 is 0 Å². The van der Waals surface area contributed by atoms with Crippen molar-refractivity contribution >= 4 is 16.9 Å². The van der Waals surface area contributed by atoms with Crippen molar-refractivity contribution in [3.05, 3.63) is 41.3 Å². The first kappa shape index (κ1) is 23.6. The first-order chi connectivity index (χ1) is 16.7. The van der Waals surface area contributed by atoms with Crippen molar-refractivity contribution in [2.45, 2.75) is 63.8 Å². The molecular formula is C25H27F3N4O3. The van der Waals surface area contributed by atoms with Crippen molar-refractivity contribution in [3.63, 3.8) is 0 Å². The molecule has 10 heteroatoms. The number of hydrogen-bond acceptors (Lipinski definition) is 5. The van der Waals surface area contributed by atoms with Crippen LogP contribution in [0.15, 0.2) is 24.5 Å². The molecular weight excluding hydrogens is 461 g/mol. The predicted molar refractivity (Wildman–Crippen MR) is 123 cm³/mol. The van der Waals surface area contributed by atoms with Gasteiger partial charge in [0.25, 0.3) is 5.91 Å². The lowest BCUT2D eigenvalue weighted by molar-refractivity contribution is -0.137. The van der Waals surface area contributed by atoms with Crippen molar-refractivity contribution in [3.8, 4) is 17.0 Å². The minimum absolute atomic E-state index is 0.184. The molecule has 5 rings (SSSR count). The lowest BCUT2D eigenvalue weighted by Gasteiger charge is -2.28. The summed E-state index contributed by atoms with van der Waals surface area (Å²) in [5, 5.41) is 13.2. The van der Waals surface area contributed by atoms with Crippen LogP contribution in [0.1, 0.15) is 60.1 Å². The van der Waals surface area contributed by atoms with Gasteiger partial charge in [0.05, 0.1) is 35.4 Å². The Morgan fingerprint density at radius 3 is 2.69 bits per heavy atom. The van der Waals surface area contributed by atoms with Crippen LogP contribution in [-0.2, 0) is 6.18 Å². The van der Waals surface area contributed by atoms with Gasteiger partial charge >= 0.3 is 6.18 Å². The number of aryl methyl sites for hydroxylation is 1. The minimum atomic E-state index is -4.53. The van der Waals surface area contributed by atoms with Crippen molar-refractivity contribution in [2.75, 3.05) is 6.61 Å². The Morgan fingerprint density at radius 1 is 1.20 bits per heavy atom. The Bertz CT molecular complexity index is 1250. The molecule has 1 amide bonds. The lowest BCUT2D eigenvalue weighted by atomic mass is 9.92. The van der Waals surface area contributed by atoms with Gasteiger partial charge in [0.1, 0.15) is 23.3 Å². The number of nitrogens with zero attached hydrogens (tertiary/aromatic N) is 2. The molecule has 0 unspecified atom stereocenters. The Labute approximate surface area is 200 Å². The highest BCUT2D eigenvalue weighted by Gasteiger charge is 2.33. The number of amides is 1. The molecule has 0 spiro atoms. The number of aromatic amines is 1. The van der Waals surface area contributed by atoms with Crippen LogP contribution < -0.4 is 10.1 Å². The summed E-state index contributed by atoms with van der Waals surface area (Å²) in [6.07, 6.45) is 1.31. The monoisotopic (exact) mass is 488 g/mol. The molecule has 0 saturated heterocycles. The molecule has 2 saturated carbocycles. The van der Waals surface area contributed by atoms with Crippen LogP contribution >= 0.6 is 0 Å². The van der Waals surface area contributed by atoms with Gasteiger partial charge in [-0.3, -0.25) is 4.79 Å². The van der Waals surface area contributed by atoms with Crippen molar-refractivity contribution in [1.82, 2.24) is 20.3 Å². The number of rotatable bonds is 6. The first-order valence-electron chi connectivity index (χ1n) is 11.9. The molecule has 2 heterocycles. The van der Waals surface area contributed by atoms with Crippen molar-refractivity contribution < 1.29 is 27.8 Å². The van der Waals surface area contributed by atoms with Gasteiger partial charge in [0.15, 0.2) is 0 Å². The van der Waals surface area contributed by atoms with Crippen LogP contribution in [0.4, 0.5) is 13.2 Å². The van der Waals surface area contributed by atoms with Crippen molar-refractivity contribution in [1.29, 1.82) is 0 Å². The van der Waals surface area contributed by atoms with E-state index in [-0.39, 0.29) is 22.9 Å². The normalized spacial score (nSPS) is 20.7. The molecule has 0 bridgehead atoms. The highest BCUT2D eigenvalue weighted by atomic mass is 19.4. The molecule has 3 aromatic rings. The third kappa shape index (κ3) is 4.84. The average Bonchev–Trinajstić information content (AvgIpc) is 3.58. The summed E-state index contributed by atoms with van der Waals surface area (Å²) >= 11 is 0. The van der Waals surface area contributed by atoms with Gasteiger partial charge in [-0.25, -0.2) is 9.97 Å².